The summed E-state index contributed by atoms with van der Waals surface area (Å²) in [7, 11) is -3.21. The molecule has 2 aliphatic rings. The molecule has 2 aromatic rings. The number of benzene rings is 1. The van der Waals surface area contributed by atoms with Gasteiger partial charge in [-0.15, -0.1) is 0 Å². The minimum atomic E-state index is -3.21. The van der Waals surface area contributed by atoms with Crippen molar-refractivity contribution in [1.82, 2.24) is 14.9 Å². The van der Waals surface area contributed by atoms with E-state index in [0.717, 1.165) is 16.5 Å². The third-order valence-electron chi connectivity index (χ3n) is 4.85. The predicted molar refractivity (Wildman–Crippen MR) is 83.0 cm³/mol. The molecule has 0 saturated heterocycles. The van der Waals surface area contributed by atoms with Gasteiger partial charge in [-0.25, -0.2) is 13.1 Å². The van der Waals surface area contributed by atoms with Gasteiger partial charge in [-0.1, -0.05) is 11.6 Å². The molecule has 1 aromatic heterocycles. The Morgan fingerprint density at radius 3 is 2.73 bits per heavy atom. The molecule has 0 radical (unpaired) electrons. The van der Waals surface area contributed by atoms with Crippen molar-refractivity contribution in [2.45, 2.75) is 24.5 Å². The molecule has 22 heavy (non-hydrogen) atoms. The van der Waals surface area contributed by atoms with Crippen molar-refractivity contribution >= 4 is 32.5 Å². The fourth-order valence-electron chi connectivity index (χ4n) is 3.91. The smallest absolute Gasteiger partial charge is 0.208 e. The number of H-pyrrole nitrogens is 1. The van der Waals surface area contributed by atoms with E-state index in [1.165, 1.54) is 6.26 Å². The zero-order valence-electron chi connectivity index (χ0n) is 11.9. The van der Waals surface area contributed by atoms with Crippen LogP contribution in [0.4, 0.5) is 0 Å². The normalized spacial score (nSPS) is 34.0. The lowest BCUT2D eigenvalue weighted by molar-refractivity contribution is 0.0303. The van der Waals surface area contributed by atoms with Crippen LogP contribution in [0.2, 0.25) is 5.02 Å². The molecular formula is C14H16ClN3O3S. The summed E-state index contributed by atoms with van der Waals surface area (Å²) in [5.74, 6) is 0.362. The largest absolute Gasteiger partial charge is 0.385 e. The molecular weight excluding hydrogens is 326 g/mol. The first-order valence-corrected chi connectivity index (χ1v) is 9.37. The molecule has 118 valence electrons. The van der Waals surface area contributed by atoms with Crippen molar-refractivity contribution in [2.24, 2.45) is 11.8 Å². The number of fused-ring (bicyclic) bond motifs is 2. The van der Waals surface area contributed by atoms with Crippen molar-refractivity contribution in [3.05, 3.63) is 28.9 Å². The Morgan fingerprint density at radius 2 is 2.09 bits per heavy atom. The average molecular weight is 342 g/mol. The number of aromatic amines is 1. The number of aromatic nitrogens is 2. The number of hydrogen-bond donors (Lipinski definition) is 3. The van der Waals surface area contributed by atoms with Crippen LogP contribution in [0, 0.1) is 11.8 Å². The van der Waals surface area contributed by atoms with Gasteiger partial charge in [-0.2, -0.15) is 5.10 Å². The molecule has 0 spiro atoms. The van der Waals surface area contributed by atoms with Crippen LogP contribution in [0.1, 0.15) is 18.4 Å². The standard InChI is InChI=1S/C14H16ClN3O3S/c1-22(20,21)18-13-8-4-14(19,5-9(8)13)11-2-7(15)3-12-10(11)6-16-17-12/h2-3,6,8-9,13,18-19H,4-5H2,1H3,(H,16,17). The molecule has 2 atom stereocenters. The van der Waals surface area contributed by atoms with Crippen LogP contribution < -0.4 is 4.72 Å². The van der Waals surface area contributed by atoms with Gasteiger partial charge in [0.1, 0.15) is 0 Å². The monoisotopic (exact) mass is 341 g/mol. The van der Waals surface area contributed by atoms with Crippen LogP contribution in [0.15, 0.2) is 18.3 Å². The molecule has 4 rings (SSSR count). The van der Waals surface area contributed by atoms with E-state index in [-0.39, 0.29) is 17.9 Å². The van der Waals surface area contributed by atoms with E-state index >= 15 is 0 Å². The lowest BCUT2D eigenvalue weighted by Crippen LogP contribution is -2.32. The highest BCUT2D eigenvalue weighted by molar-refractivity contribution is 7.88. The molecule has 3 N–H and O–H groups in total. The summed E-state index contributed by atoms with van der Waals surface area (Å²) in [6, 6.07) is 3.51. The number of nitrogens with zero attached hydrogens (tertiary/aromatic N) is 1. The first kappa shape index (κ1) is 14.4. The molecule has 0 aliphatic heterocycles. The van der Waals surface area contributed by atoms with Crippen LogP contribution in [0.25, 0.3) is 10.9 Å². The third kappa shape index (κ3) is 2.23. The quantitative estimate of drug-likeness (QED) is 0.785. The van der Waals surface area contributed by atoms with E-state index < -0.39 is 15.6 Å². The zero-order chi connectivity index (χ0) is 15.7. The van der Waals surface area contributed by atoms with Gasteiger partial charge in [0.2, 0.25) is 10.0 Å². The Balaban J connectivity index is 1.64. The van der Waals surface area contributed by atoms with Gasteiger partial charge >= 0.3 is 0 Å². The first-order valence-electron chi connectivity index (χ1n) is 7.10. The second kappa shape index (κ2) is 4.44. The SMILES string of the molecule is CS(=O)(=O)NC1C2CC(O)(c3cc(Cl)cc4[nH]ncc34)CC21. The van der Waals surface area contributed by atoms with Crippen LogP contribution in [-0.2, 0) is 15.6 Å². The summed E-state index contributed by atoms with van der Waals surface area (Å²) in [4.78, 5) is 0. The molecule has 1 heterocycles. The average Bonchev–Trinajstić information content (AvgIpc) is 2.83. The first-order chi connectivity index (χ1) is 10.3. The van der Waals surface area contributed by atoms with Crippen molar-refractivity contribution in [3.8, 4) is 0 Å². The fourth-order valence-corrected chi connectivity index (χ4v) is 4.97. The van der Waals surface area contributed by atoms with Gasteiger partial charge in [0, 0.05) is 16.5 Å². The van der Waals surface area contributed by atoms with Crippen LogP contribution in [0.5, 0.6) is 0 Å². The Kier molecular flexibility index (Phi) is 2.92. The Bertz CT molecular complexity index is 851. The van der Waals surface area contributed by atoms with E-state index in [0.29, 0.717) is 17.9 Å². The highest BCUT2D eigenvalue weighted by Gasteiger charge is 2.62. The maximum Gasteiger partial charge on any atom is 0.208 e. The van der Waals surface area contributed by atoms with Crippen molar-refractivity contribution in [2.75, 3.05) is 6.26 Å². The lowest BCUT2D eigenvalue weighted by atomic mass is 9.86. The van der Waals surface area contributed by atoms with E-state index in [1.807, 2.05) is 0 Å². The molecule has 8 heteroatoms. The van der Waals surface area contributed by atoms with E-state index in [9.17, 15) is 13.5 Å². The van der Waals surface area contributed by atoms with E-state index in [4.69, 9.17) is 11.6 Å². The number of sulfonamides is 1. The molecule has 2 saturated carbocycles. The highest BCUT2D eigenvalue weighted by atomic mass is 35.5. The summed E-state index contributed by atoms with van der Waals surface area (Å²) >= 11 is 6.13. The second-order valence-corrected chi connectivity index (χ2v) is 8.68. The Hall–Kier alpha value is -1.15. The second-order valence-electron chi connectivity index (χ2n) is 6.47. The van der Waals surface area contributed by atoms with Crippen LogP contribution >= 0.6 is 11.6 Å². The molecule has 0 bridgehead atoms. The maximum atomic E-state index is 11.3. The number of nitrogens with one attached hydrogen (secondary N) is 2. The molecule has 2 unspecified atom stereocenters. The van der Waals surface area contributed by atoms with Gasteiger partial charge in [-0.3, -0.25) is 5.10 Å². The molecule has 2 aliphatic carbocycles. The van der Waals surface area contributed by atoms with E-state index in [1.54, 1.807) is 18.3 Å². The van der Waals surface area contributed by atoms with Crippen LogP contribution in [-0.4, -0.2) is 36.0 Å². The molecule has 2 fully saturated rings. The summed E-state index contributed by atoms with van der Waals surface area (Å²) in [6.07, 6.45) is 3.92. The third-order valence-corrected chi connectivity index (χ3v) is 5.77. The van der Waals surface area contributed by atoms with Crippen molar-refractivity contribution in [1.29, 1.82) is 0 Å². The lowest BCUT2D eigenvalue weighted by Gasteiger charge is -2.27. The summed E-state index contributed by atoms with van der Waals surface area (Å²) in [5.41, 5.74) is 0.592. The summed E-state index contributed by atoms with van der Waals surface area (Å²) < 4.78 is 25.3. The molecule has 1 aromatic carbocycles. The van der Waals surface area contributed by atoms with Gasteiger partial charge < -0.3 is 5.11 Å². The van der Waals surface area contributed by atoms with Gasteiger partial charge in [0.25, 0.3) is 0 Å². The number of rotatable bonds is 3. The number of hydrogen-bond acceptors (Lipinski definition) is 4. The zero-order valence-corrected chi connectivity index (χ0v) is 13.4. The van der Waals surface area contributed by atoms with E-state index in [2.05, 4.69) is 14.9 Å². The molecule has 0 amide bonds. The van der Waals surface area contributed by atoms with Crippen LogP contribution in [0.3, 0.4) is 0 Å². The van der Waals surface area contributed by atoms with Crippen molar-refractivity contribution in [3.63, 3.8) is 0 Å². The van der Waals surface area contributed by atoms with Crippen molar-refractivity contribution < 1.29 is 13.5 Å². The Morgan fingerprint density at radius 1 is 1.41 bits per heavy atom. The van der Waals surface area contributed by atoms with Gasteiger partial charge in [-0.05, 0) is 42.4 Å². The minimum Gasteiger partial charge on any atom is -0.385 e. The molecule has 6 nitrogen and oxygen atoms in total. The fraction of sp³-hybridized carbons (Fsp3) is 0.500. The summed E-state index contributed by atoms with van der Waals surface area (Å²) in [6.45, 7) is 0. The van der Waals surface area contributed by atoms with Gasteiger partial charge in [0.05, 0.1) is 23.6 Å². The maximum absolute atomic E-state index is 11.3. The predicted octanol–water partition coefficient (Wildman–Crippen LogP) is 1.36. The number of halogens is 1. The topological polar surface area (TPSA) is 95.1 Å². The highest BCUT2D eigenvalue weighted by Crippen LogP contribution is 2.60. The summed E-state index contributed by atoms with van der Waals surface area (Å²) in [5, 5.41) is 19.3. The number of aliphatic hydroxyl groups is 1. The Labute approximate surface area is 132 Å². The van der Waals surface area contributed by atoms with Gasteiger partial charge in [0.15, 0.2) is 0 Å². The minimum absolute atomic E-state index is 0.0469.